The van der Waals surface area contributed by atoms with E-state index in [0.29, 0.717) is 17.1 Å². The van der Waals surface area contributed by atoms with Crippen molar-refractivity contribution in [1.82, 2.24) is 10.4 Å². The number of imide groups is 1. The Hall–Kier alpha value is -4.66. The van der Waals surface area contributed by atoms with Crippen LogP contribution in [0.5, 0.6) is 11.5 Å². The lowest BCUT2D eigenvalue weighted by Crippen LogP contribution is -2.54. The van der Waals surface area contributed by atoms with Crippen LogP contribution in [0.25, 0.3) is 0 Å². The quantitative estimate of drug-likeness (QED) is 0.423. The highest BCUT2D eigenvalue weighted by atomic mass is 16.5. The van der Waals surface area contributed by atoms with Crippen molar-refractivity contribution in [3.8, 4) is 11.5 Å². The lowest BCUT2D eigenvalue weighted by molar-refractivity contribution is -0.122. The number of rotatable bonds is 6. The van der Waals surface area contributed by atoms with Crippen molar-refractivity contribution in [2.24, 2.45) is 0 Å². The molecule has 1 atom stereocenters. The molecule has 4 rings (SSSR count). The summed E-state index contributed by atoms with van der Waals surface area (Å²) >= 11 is 0. The number of carbonyl (C=O) groups excluding carboxylic acids is 4. The van der Waals surface area contributed by atoms with E-state index in [1.807, 2.05) is 6.92 Å². The number of hydrazine groups is 1. The number of amides is 4. The van der Waals surface area contributed by atoms with Crippen molar-refractivity contribution in [3.63, 3.8) is 0 Å². The molecular formula is C27H25N3O6. The van der Waals surface area contributed by atoms with Crippen LogP contribution in [0.4, 0.5) is 5.69 Å². The second-order valence-corrected chi connectivity index (χ2v) is 8.17. The molecule has 1 fully saturated rings. The van der Waals surface area contributed by atoms with Gasteiger partial charge in [-0.15, -0.1) is 0 Å². The van der Waals surface area contributed by atoms with E-state index >= 15 is 0 Å². The van der Waals surface area contributed by atoms with Crippen LogP contribution >= 0.6 is 0 Å². The van der Waals surface area contributed by atoms with Gasteiger partial charge in [0.2, 0.25) is 5.91 Å². The fraction of sp³-hybridized carbons (Fsp3) is 0.185. The summed E-state index contributed by atoms with van der Waals surface area (Å²) in [6, 6.07) is 18.4. The Bertz CT molecular complexity index is 1310. The Balaban J connectivity index is 1.71. The molecule has 0 bridgehead atoms. The Kier molecular flexibility index (Phi) is 7.00. The molecule has 1 heterocycles. The van der Waals surface area contributed by atoms with E-state index in [-0.39, 0.29) is 17.7 Å². The van der Waals surface area contributed by atoms with Gasteiger partial charge in [-0.25, -0.2) is 9.91 Å². The number of ether oxygens (including phenoxy) is 2. The van der Waals surface area contributed by atoms with E-state index in [0.717, 1.165) is 15.5 Å². The minimum absolute atomic E-state index is 0.205. The normalized spacial score (nSPS) is 15.0. The Morgan fingerprint density at radius 1 is 0.917 bits per heavy atom. The van der Waals surface area contributed by atoms with Gasteiger partial charge in [-0.2, -0.15) is 0 Å². The molecule has 1 N–H and O–H groups in total. The predicted molar refractivity (Wildman–Crippen MR) is 132 cm³/mol. The zero-order chi connectivity index (χ0) is 25.8. The molecule has 1 unspecified atom stereocenters. The number of hydrogen-bond donors (Lipinski definition) is 1. The molecule has 0 radical (unpaired) electrons. The summed E-state index contributed by atoms with van der Waals surface area (Å²) in [4.78, 5) is 54.1. The van der Waals surface area contributed by atoms with Crippen LogP contribution in [0, 0.1) is 6.92 Å². The second kappa shape index (κ2) is 10.3. The van der Waals surface area contributed by atoms with Crippen molar-refractivity contribution in [2.75, 3.05) is 19.1 Å². The summed E-state index contributed by atoms with van der Waals surface area (Å²) in [5.41, 5.74) is 4.14. The molecule has 36 heavy (non-hydrogen) atoms. The van der Waals surface area contributed by atoms with Gasteiger partial charge >= 0.3 is 0 Å². The number of carbonyl (C=O) groups is 4. The van der Waals surface area contributed by atoms with Crippen molar-refractivity contribution in [3.05, 3.63) is 89.5 Å². The van der Waals surface area contributed by atoms with E-state index in [4.69, 9.17) is 9.47 Å². The molecule has 3 aromatic rings. The summed E-state index contributed by atoms with van der Waals surface area (Å²) < 4.78 is 10.5. The maximum absolute atomic E-state index is 13.6. The summed E-state index contributed by atoms with van der Waals surface area (Å²) in [5.74, 6) is -1.54. The summed E-state index contributed by atoms with van der Waals surface area (Å²) in [5, 5.41) is 0.930. The Morgan fingerprint density at radius 2 is 1.61 bits per heavy atom. The average Bonchev–Trinajstić information content (AvgIpc) is 3.20. The van der Waals surface area contributed by atoms with E-state index < -0.39 is 29.7 Å². The predicted octanol–water partition coefficient (Wildman–Crippen LogP) is 3.13. The largest absolute Gasteiger partial charge is 0.497 e. The lowest BCUT2D eigenvalue weighted by Gasteiger charge is -2.28. The van der Waals surface area contributed by atoms with Crippen molar-refractivity contribution >= 4 is 29.3 Å². The first kappa shape index (κ1) is 24.5. The number of nitrogens with one attached hydrogen (secondary N) is 1. The molecule has 0 spiro atoms. The third-order valence-corrected chi connectivity index (χ3v) is 5.82. The molecular weight excluding hydrogens is 462 g/mol. The third-order valence-electron chi connectivity index (χ3n) is 5.82. The van der Waals surface area contributed by atoms with Gasteiger partial charge in [-0.1, -0.05) is 24.3 Å². The van der Waals surface area contributed by atoms with Gasteiger partial charge in [-0.3, -0.25) is 24.6 Å². The molecule has 0 saturated carbocycles. The maximum atomic E-state index is 13.6. The van der Waals surface area contributed by atoms with Crippen molar-refractivity contribution in [2.45, 2.75) is 19.4 Å². The standard InChI is InChI=1S/C27H25N3O6/c1-17-9-14-23(36-3)21(15-17)29-24(31)16-22(27(29)34)30(28-25(32)18-7-5-4-6-8-18)26(33)19-10-12-20(35-2)13-11-19/h4-15,22H,16H2,1-3H3,(H,28,32). The molecule has 1 aliphatic heterocycles. The van der Waals surface area contributed by atoms with Gasteiger partial charge in [0.05, 0.1) is 26.3 Å². The number of hydrogen-bond acceptors (Lipinski definition) is 6. The minimum atomic E-state index is -1.26. The molecule has 4 amide bonds. The van der Waals surface area contributed by atoms with Crippen LogP contribution in [0.1, 0.15) is 32.7 Å². The molecule has 3 aromatic carbocycles. The highest BCUT2D eigenvalue weighted by molar-refractivity contribution is 6.24. The van der Waals surface area contributed by atoms with Crippen LogP contribution in [-0.4, -0.2) is 48.9 Å². The van der Waals surface area contributed by atoms with Gasteiger partial charge in [-0.05, 0) is 61.0 Å². The summed E-state index contributed by atoms with van der Waals surface area (Å²) in [6.45, 7) is 1.82. The number of methoxy groups -OCH3 is 2. The highest BCUT2D eigenvalue weighted by Crippen LogP contribution is 2.34. The molecule has 9 heteroatoms. The van der Waals surface area contributed by atoms with Gasteiger partial charge in [0, 0.05) is 11.1 Å². The average molecular weight is 488 g/mol. The molecule has 1 saturated heterocycles. The monoisotopic (exact) mass is 487 g/mol. The van der Waals surface area contributed by atoms with Crippen LogP contribution in [0.2, 0.25) is 0 Å². The van der Waals surface area contributed by atoms with Gasteiger partial charge in [0.25, 0.3) is 17.7 Å². The number of benzene rings is 3. The fourth-order valence-corrected chi connectivity index (χ4v) is 3.95. The van der Waals surface area contributed by atoms with Crippen LogP contribution in [0.3, 0.4) is 0 Å². The Morgan fingerprint density at radius 3 is 2.25 bits per heavy atom. The first-order valence-corrected chi connectivity index (χ1v) is 11.2. The van der Waals surface area contributed by atoms with Crippen LogP contribution < -0.4 is 19.8 Å². The van der Waals surface area contributed by atoms with Gasteiger partial charge < -0.3 is 9.47 Å². The van der Waals surface area contributed by atoms with Gasteiger partial charge in [0.15, 0.2) is 0 Å². The first-order valence-electron chi connectivity index (χ1n) is 11.2. The van der Waals surface area contributed by atoms with Crippen molar-refractivity contribution in [1.29, 1.82) is 0 Å². The smallest absolute Gasteiger partial charge is 0.273 e. The summed E-state index contributed by atoms with van der Waals surface area (Å²) in [6.07, 6.45) is -0.313. The first-order chi connectivity index (χ1) is 17.3. The Labute approximate surface area is 208 Å². The highest BCUT2D eigenvalue weighted by Gasteiger charge is 2.46. The molecule has 0 aliphatic carbocycles. The molecule has 9 nitrogen and oxygen atoms in total. The van der Waals surface area contributed by atoms with E-state index in [9.17, 15) is 19.2 Å². The third kappa shape index (κ3) is 4.76. The lowest BCUT2D eigenvalue weighted by atomic mass is 10.1. The van der Waals surface area contributed by atoms with Crippen molar-refractivity contribution < 1.29 is 28.7 Å². The van der Waals surface area contributed by atoms with E-state index in [2.05, 4.69) is 5.43 Å². The maximum Gasteiger partial charge on any atom is 0.273 e. The molecule has 1 aliphatic rings. The summed E-state index contributed by atoms with van der Waals surface area (Å²) in [7, 11) is 2.94. The van der Waals surface area contributed by atoms with E-state index in [1.54, 1.807) is 60.7 Å². The fourth-order valence-electron chi connectivity index (χ4n) is 3.95. The van der Waals surface area contributed by atoms with Crippen LogP contribution in [0.15, 0.2) is 72.8 Å². The van der Waals surface area contributed by atoms with Gasteiger partial charge in [0.1, 0.15) is 17.5 Å². The zero-order valence-corrected chi connectivity index (χ0v) is 20.1. The number of aryl methyl sites for hydroxylation is 1. The zero-order valence-electron chi connectivity index (χ0n) is 20.1. The molecule has 184 valence electrons. The number of anilines is 1. The SMILES string of the molecule is COc1ccc(C(=O)N(NC(=O)c2ccccc2)C2CC(=O)N(c3cc(C)ccc3OC)C2=O)cc1. The number of nitrogens with zero attached hydrogens (tertiary/aromatic N) is 2. The topological polar surface area (TPSA) is 105 Å². The molecule has 0 aromatic heterocycles. The van der Waals surface area contributed by atoms with Crippen LogP contribution in [-0.2, 0) is 9.59 Å². The minimum Gasteiger partial charge on any atom is -0.497 e. The second-order valence-electron chi connectivity index (χ2n) is 8.17. The van der Waals surface area contributed by atoms with E-state index in [1.165, 1.54) is 26.4 Å².